The van der Waals surface area contributed by atoms with E-state index < -0.39 is 12.1 Å². The minimum atomic E-state index is -1.23. The molecule has 1 aromatic rings. The molecular weight excluding hydrogens is 171 g/mol. The smallest absolute Gasteiger partial charge is 0.302 e. The minimum absolute atomic E-state index is 0.209. The van der Waals surface area contributed by atoms with E-state index in [0.717, 1.165) is 0 Å². The Labute approximate surface area is 76.3 Å². The van der Waals surface area contributed by atoms with Gasteiger partial charge in [-0.1, -0.05) is 30.3 Å². The summed E-state index contributed by atoms with van der Waals surface area (Å²) in [7, 11) is 0. The maximum Gasteiger partial charge on any atom is 0.302 e. The second kappa shape index (κ2) is 4.60. The molecule has 0 radical (unpaired) electrons. The fourth-order valence-electron chi connectivity index (χ4n) is 0.949. The Balaban J connectivity index is 2.49. The fourth-order valence-corrected chi connectivity index (χ4v) is 0.949. The quantitative estimate of drug-likeness (QED) is 0.670. The summed E-state index contributed by atoms with van der Waals surface area (Å²) >= 11 is 0. The molecule has 0 spiro atoms. The molecule has 0 saturated carbocycles. The number of hydrogen-bond donors (Lipinski definition) is 0. The zero-order valence-electron chi connectivity index (χ0n) is 7.37. The van der Waals surface area contributed by atoms with Crippen LogP contribution in [0.15, 0.2) is 30.3 Å². The fraction of sp³-hybridized carbons (Fsp3) is 0.300. The van der Waals surface area contributed by atoms with Crippen molar-refractivity contribution in [3.8, 4) is 0 Å². The highest BCUT2D eigenvalue weighted by molar-refractivity contribution is 5.65. The minimum Gasteiger partial charge on any atom is -0.462 e. The van der Waals surface area contributed by atoms with Crippen LogP contribution >= 0.6 is 0 Å². The van der Waals surface area contributed by atoms with Gasteiger partial charge in [0.2, 0.25) is 0 Å². The molecule has 0 bridgehead atoms. The lowest BCUT2D eigenvalue weighted by atomic mass is 10.1. The van der Waals surface area contributed by atoms with Gasteiger partial charge in [-0.2, -0.15) is 0 Å². The molecule has 1 rings (SSSR count). The normalized spacial score (nSPS) is 12.2. The zero-order chi connectivity index (χ0) is 9.68. The van der Waals surface area contributed by atoms with Crippen molar-refractivity contribution in [1.29, 1.82) is 0 Å². The summed E-state index contributed by atoms with van der Waals surface area (Å²) in [5.41, 5.74) is 0.531. The molecular formula is C10H11FO2. The SMILES string of the molecule is CC(=O)OCC(F)c1ccccc1. The molecule has 13 heavy (non-hydrogen) atoms. The van der Waals surface area contributed by atoms with Crippen molar-refractivity contribution in [2.45, 2.75) is 13.1 Å². The molecule has 0 heterocycles. The average Bonchev–Trinajstić information content (AvgIpc) is 2.15. The number of carbonyl (C=O) groups is 1. The van der Waals surface area contributed by atoms with Crippen LogP contribution in [-0.2, 0) is 9.53 Å². The van der Waals surface area contributed by atoms with Gasteiger partial charge in [-0.15, -0.1) is 0 Å². The van der Waals surface area contributed by atoms with Gasteiger partial charge in [0.05, 0.1) is 0 Å². The highest BCUT2D eigenvalue weighted by Crippen LogP contribution is 2.16. The van der Waals surface area contributed by atoms with Gasteiger partial charge in [0.15, 0.2) is 6.17 Å². The summed E-state index contributed by atoms with van der Waals surface area (Å²) in [5, 5.41) is 0. The van der Waals surface area contributed by atoms with E-state index in [2.05, 4.69) is 4.74 Å². The standard InChI is InChI=1S/C10H11FO2/c1-8(12)13-7-10(11)9-5-3-2-4-6-9/h2-6,10H,7H2,1H3. The lowest BCUT2D eigenvalue weighted by molar-refractivity contribution is -0.142. The molecule has 1 aromatic carbocycles. The lowest BCUT2D eigenvalue weighted by Crippen LogP contribution is -2.06. The van der Waals surface area contributed by atoms with Gasteiger partial charge in [-0.25, -0.2) is 4.39 Å². The number of rotatable bonds is 3. The number of carbonyl (C=O) groups excluding carboxylic acids is 1. The Hall–Kier alpha value is -1.38. The third-order valence-corrected chi connectivity index (χ3v) is 1.59. The van der Waals surface area contributed by atoms with Gasteiger partial charge in [0, 0.05) is 6.92 Å². The average molecular weight is 182 g/mol. The highest BCUT2D eigenvalue weighted by Gasteiger charge is 2.09. The molecule has 0 aromatic heterocycles. The largest absolute Gasteiger partial charge is 0.462 e. The second-order valence-electron chi connectivity index (χ2n) is 2.68. The van der Waals surface area contributed by atoms with Crippen molar-refractivity contribution in [3.63, 3.8) is 0 Å². The maximum atomic E-state index is 13.2. The van der Waals surface area contributed by atoms with E-state index in [1.54, 1.807) is 24.3 Å². The number of esters is 1. The first-order chi connectivity index (χ1) is 6.20. The monoisotopic (exact) mass is 182 g/mol. The van der Waals surface area contributed by atoms with E-state index in [4.69, 9.17) is 0 Å². The van der Waals surface area contributed by atoms with Crippen LogP contribution in [-0.4, -0.2) is 12.6 Å². The predicted octanol–water partition coefficient (Wildman–Crippen LogP) is 2.26. The van der Waals surface area contributed by atoms with Gasteiger partial charge >= 0.3 is 5.97 Å². The molecule has 1 atom stereocenters. The molecule has 0 saturated heterocycles. The van der Waals surface area contributed by atoms with Gasteiger partial charge in [-0.3, -0.25) is 4.79 Å². The molecule has 3 heteroatoms. The molecule has 1 unspecified atom stereocenters. The van der Waals surface area contributed by atoms with Gasteiger partial charge in [0.1, 0.15) is 6.61 Å². The number of benzene rings is 1. The summed E-state index contributed by atoms with van der Waals surface area (Å²) in [4.78, 5) is 10.4. The highest BCUT2D eigenvalue weighted by atomic mass is 19.1. The van der Waals surface area contributed by atoms with E-state index in [1.165, 1.54) is 6.92 Å². The summed E-state index contributed by atoms with van der Waals surface area (Å²) < 4.78 is 17.8. The van der Waals surface area contributed by atoms with E-state index in [1.807, 2.05) is 6.07 Å². The van der Waals surface area contributed by atoms with Crippen LogP contribution in [0.2, 0.25) is 0 Å². The lowest BCUT2D eigenvalue weighted by Gasteiger charge is -2.07. The Bertz CT molecular complexity index is 272. The van der Waals surface area contributed by atoms with Crippen LogP contribution in [0.25, 0.3) is 0 Å². The van der Waals surface area contributed by atoms with Gasteiger partial charge in [0.25, 0.3) is 0 Å². The van der Waals surface area contributed by atoms with Crippen LogP contribution in [0.5, 0.6) is 0 Å². The van der Waals surface area contributed by atoms with Crippen LogP contribution in [0.3, 0.4) is 0 Å². The van der Waals surface area contributed by atoms with Crippen molar-refractivity contribution >= 4 is 5.97 Å². The third-order valence-electron chi connectivity index (χ3n) is 1.59. The number of alkyl halides is 1. The van der Waals surface area contributed by atoms with Crippen molar-refractivity contribution in [3.05, 3.63) is 35.9 Å². The van der Waals surface area contributed by atoms with Crippen molar-refractivity contribution < 1.29 is 13.9 Å². The van der Waals surface area contributed by atoms with Crippen LogP contribution in [0.1, 0.15) is 18.7 Å². The first-order valence-electron chi connectivity index (χ1n) is 4.02. The zero-order valence-corrected chi connectivity index (χ0v) is 7.37. The summed E-state index contributed by atoms with van der Waals surface area (Å²) in [6.07, 6.45) is -1.23. The van der Waals surface area contributed by atoms with E-state index >= 15 is 0 Å². The van der Waals surface area contributed by atoms with Crippen LogP contribution in [0.4, 0.5) is 4.39 Å². The number of ether oxygens (including phenoxy) is 1. The first kappa shape index (κ1) is 9.71. The summed E-state index contributed by atoms with van der Waals surface area (Å²) in [6.45, 7) is 1.05. The van der Waals surface area contributed by atoms with Crippen LogP contribution in [0, 0.1) is 0 Å². The second-order valence-corrected chi connectivity index (χ2v) is 2.68. The predicted molar refractivity (Wildman–Crippen MR) is 46.9 cm³/mol. The maximum absolute atomic E-state index is 13.2. The number of hydrogen-bond acceptors (Lipinski definition) is 2. The molecule has 70 valence electrons. The summed E-state index contributed by atoms with van der Waals surface area (Å²) in [5.74, 6) is -0.460. The first-order valence-corrected chi connectivity index (χ1v) is 4.02. The Kier molecular flexibility index (Phi) is 3.43. The van der Waals surface area contributed by atoms with E-state index in [0.29, 0.717) is 5.56 Å². The molecule has 2 nitrogen and oxygen atoms in total. The van der Waals surface area contributed by atoms with E-state index in [-0.39, 0.29) is 6.61 Å². The summed E-state index contributed by atoms with van der Waals surface area (Å²) in [6, 6.07) is 8.62. The number of halogens is 1. The Morgan fingerprint density at radius 2 is 2.08 bits per heavy atom. The third kappa shape index (κ3) is 3.23. The topological polar surface area (TPSA) is 26.3 Å². The Morgan fingerprint density at radius 3 is 2.62 bits per heavy atom. The molecule has 0 amide bonds. The molecule has 0 aliphatic rings. The Morgan fingerprint density at radius 1 is 1.46 bits per heavy atom. The molecule has 0 fully saturated rings. The van der Waals surface area contributed by atoms with Gasteiger partial charge in [-0.05, 0) is 5.56 Å². The molecule has 0 aliphatic heterocycles. The van der Waals surface area contributed by atoms with Crippen molar-refractivity contribution in [2.24, 2.45) is 0 Å². The molecule has 0 N–H and O–H groups in total. The van der Waals surface area contributed by atoms with Crippen molar-refractivity contribution in [2.75, 3.05) is 6.61 Å². The van der Waals surface area contributed by atoms with Crippen molar-refractivity contribution in [1.82, 2.24) is 0 Å². The van der Waals surface area contributed by atoms with Crippen LogP contribution < -0.4 is 0 Å². The van der Waals surface area contributed by atoms with E-state index in [9.17, 15) is 9.18 Å². The molecule has 0 aliphatic carbocycles. The van der Waals surface area contributed by atoms with Gasteiger partial charge < -0.3 is 4.74 Å².